The maximum absolute atomic E-state index is 7.62. The third kappa shape index (κ3) is 4.51. The van der Waals surface area contributed by atoms with Crippen molar-refractivity contribution in [1.82, 2.24) is 14.4 Å². The standard InChI is InChI=1S/C30H17N2S.C11H8N.Ir/c1-17-10-12-23(31-16-17)18-11-13-25-21(14-18)22-15-27-28(20-7-3-5-9-26(20)33-27)29-19-6-2-4-8-24(19)32(25)30(22)29;1-2-6-10(7-3-1)11-8-4-5-9-12-11;/h2-10,12-16H,1H3;1-6,8-9H;/q2*-1;/i1D3;;. The molecule has 0 atom stereocenters. The summed E-state index contributed by atoms with van der Waals surface area (Å²) in [6.45, 7) is -2.16. The van der Waals surface area contributed by atoms with Crippen molar-refractivity contribution in [2.24, 2.45) is 0 Å². The maximum Gasteiger partial charge on any atom is 0.0524 e. The minimum atomic E-state index is -2.16. The van der Waals surface area contributed by atoms with Crippen molar-refractivity contribution in [3.8, 4) is 22.5 Å². The van der Waals surface area contributed by atoms with E-state index < -0.39 is 6.85 Å². The fourth-order valence-corrected chi connectivity index (χ4v) is 7.64. The van der Waals surface area contributed by atoms with E-state index in [0.717, 1.165) is 27.7 Å². The number of nitrogens with zero attached hydrogens (tertiary/aromatic N) is 3. The average Bonchev–Trinajstić information content (AvgIpc) is 3.78. The quantitative estimate of drug-likeness (QED) is 0.163. The van der Waals surface area contributed by atoms with Gasteiger partial charge in [-0.3, -0.25) is 0 Å². The van der Waals surface area contributed by atoms with Gasteiger partial charge in [-0.1, -0.05) is 66.0 Å². The Morgan fingerprint density at radius 1 is 0.652 bits per heavy atom. The van der Waals surface area contributed by atoms with Crippen LogP contribution in [0.25, 0.3) is 80.8 Å². The molecule has 0 aliphatic rings. The molecule has 0 fully saturated rings. The third-order valence-corrected chi connectivity index (χ3v) is 9.55. The van der Waals surface area contributed by atoms with Crippen LogP contribution in [0.4, 0.5) is 0 Å². The van der Waals surface area contributed by atoms with Crippen molar-refractivity contribution < 1.29 is 24.2 Å². The molecule has 3 nitrogen and oxygen atoms in total. The second kappa shape index (κ2) is 11.5. The van der Waals surface area contributed by atoms with E-state index in [9.17, 15) is 0 Å². The number of fused-ring (bicyclic) bond motifs is 10. The molecule has 1 radical (unpaired) electrons. The van der Waals surface area contributed by atoms with Gasteiger partial charge in [-0.05, 0) is 59.0 Å². The van der Waals surface area contributed by atoms with Gasteiger partial charge in [-0.2, -0.15) is 0 Å². The van der Waals surface area contributed by atoms with Gasteiger partial charge in [-0.15, -0.1) is 71.0 Å². The zero-order valence-electron chi connectivity index (χ0n) is 27.3. The van der Waals surface area contributed by atoms with E-state index in [-0.39, 0.29) is 25.7 Å². The Morgan fingerprint density at radius 3 is 2.28 bits per heavy atom. The first-order chi connectivity index (χ1) is 23.5. The van der Waals surface area contributed by atoms with Crippen molar-refractivity contribution in [2.75, 3.05) is 0 Å². The molecule has 0 unspecified atom stereocenters. The van der Waals surface area contributed by atoms with Crippen LogP contribution in [0.3, 0.4) is 0 Å². The number of aryl methyl sites for hydroxylation is 1. The van der Waals surface area contributed by atoms with Gasteiger partial charge in [0.1, 0.15) is 0 Å². The fraction of sp³-hybridized carbons (Fsp3) is 0.0244. The van der Waals surface area contributed by atoms with Crippen LogP contribution in [0.5, 0.6) is 0 Å². The fourth-order valence-electron chi connectivity index (χ4n) is 6.49. The van der Waals surface area contributed by atoms with Gasteiger partial charge in [0.2, 0.25) is 0 Å². The van der Waals surface area contributed by atoms with Crippen molar-refractivity contribution in [3.63, 3.8) is 0 Å². The van der Waals surface area contributed by atoms with E-state index in [1.807, 2.05) is 59.9 Å². The zero-order valence-corrected chi connectivity index (χ0v) is 27.5. The van der Waals surface area contributed by atoms with E-state index in [2.05, 4.69) is 87.2 Å². The molecule has 0 aliphatic carbocycles. The Hall–Kier alpha value is -4.93. The molecule has 5 heteroatoms. The van der Waals surface area contributed by atoms with Crippen molar-refractivity contribution in [1.29, 1.82) is 0 Å². The summed E-state index contributed by atoms with van der Waals surface area (Å²) in [5, 5.41) is 7.55. The van der Waals surface area contributed by atoms with E-state index in [0.29, 0.717) is 5.69 Å². The SMILES string of the molecule is [2H]C([2H])([2H])c1ccc(-c2[c-]cc3c(c2)c2cc4sc5ccccc5c4c4c5ccccc5n3c24)nc1.[Ir].[c-]1ccccc1-c1ccccn1. The molecule has 0 aliphatic heterocycles. The van der Waals surface area contributed by atoms with Gasteiger partial charge in [-0.25, -0.2) is 0 Å². The number of para-hydroxylation sites is 1. The molecule has 5 aromatic heterocycles. The van der Waals surface area contributed by atoms with Gasteiger partial charge in [0.05, 0.1) is 5.52 Å². The Bertz CT molecular complexity index is 2720. The third-order valence-electron chi connectivity index (χ3n) is 8.43. The number of benzene rings is 5. The largest absolute Gasteiger partial charge is 0.350 e. The average molecular weight is 787 g/mol. The summed E-state index contributed by atoms with van der Waals surface area (Å²) >= 11 is 1.84. The van der Waals surface area contributed by atoms with Crippen LogP contribution >= 0.6 is 11.3 Å². The zero-order chi connectivity index (χ0) is 32.4. The van der Waals surface area contributed by atoms with E-state index >= 15 is 0 Å². The first kappa shape index (κ1) is 25.3. The molecule has 5 heterocycles. The van der Waals surface area contributed by atoms with Gasteiger partial charge >= 0.3 is 0 Å². The van der Waals surface area contributed by atoms with Crippen LogP contribution < -0.4 is 0 Å². The normalized spacial score (nSPS) is 12.7. The Kier molecular flexibility index (Phi) is 6.30. The van der Waals surface area contributed by atoms with Crippen molar-refractivity contribution in [3.05, 3.63) is 151 Å². The molecule has 0 saturated carbocycles. The van der Waals surface area contributed by atoms with Gasteiger partial charge in [0.15, 0.2) is 0 Å². The number of thiophene rings is 1. The minimum absolute atomic E-state index is 0. The Morgan fingerprint density at radius 2 is 1.48 bits per heavy atom. The van der Waals surface area contributed by atoms with Gasteiger partial charge in [0, 0.05) is 73.1 Å². The summed E-state index contributed by atoms with van der Waals surface area (Å²) in [6, 6.07) is 47.4. The van der Waals surface area contributed by atoms with Crippen molar-refractivity contribution >= 4 is 69.6 Å². The van der Waals surface area contributed by atoms with Gasteiger partial charge < -0.3 is 14.4 Å². The van der Waals surface area contributed by atoms with Gasteiger partial charge in [0.25, 0.3) is 0 Å². The first-order valence-electron chi connectivity index (χ1n) is 16.2. The number of hydrogen-bond donors (Lipinski definition) is 0. The van der Waals surface area contributed by atoms with E-state index in [1.165, 1.54) is 53.6 Å². The second-order valence-corrected chi connectivity index (χ2v) is 12.1. The summed E-state index contributed by atoms with van der Waals surface area (Å²) in [7, 11) is 0. The molecular weight excluding hydrogens is 759 g/mol. The smallest absolute Gasteiger partial charge is 0.0524 e. The minimum Gasteiger partial charge on any atom is -0.350 e. The Balaban J connectivity index is 0.000000228. The number of pyridine rings is 2. The molecular formula is C41H25IrN3S-2. The van der Waals surface area contributed by atoms with Crippen LogP contribution in [0.2, 0.25) is 0 Å². The first-order valence-corrected chi connectivity index (χ1v) is 15.6. The molecule has 46 heavy (non-hydrogen) atoms. The molecule has 0 N–H and O–H groups in total. The summed E-state index contributed by atoms with van der Waals surface area (Å²) in [6.07, 6.45) is 3.23. The topological polar surface area (TPSA) is 30.2 Å². The molecule has 10 aromatic rings. The molecule has 0 bridgehead atoms. The maximum atomic E-state index is 7.62. The Labute approximate surface area is 287 Å². The van der Waals surface area contributed by atoms with Crippen LogP contribution in [-0.4, -0.2) is 14.4 Å². The summed E-state index contributed by atoms with van der Waals surface area (Å²) in [4.78, 5) is 8.68. The molecule has 5 aromatic carbocycles. The van der Waals surface area contributed by atoms with Crippen LogP contribution in [0.15, 0.2) is 134 Å². The molecule has 0 amide bonds. The predicted octanol–water partition coefficient (Wildman–Crippen LogP) is 10.9. The van der Waals surface area contributed by atoms with Crippen LogP contribution in [0, 0.1) is 19.0 Å². The number of aromatic nitrogens is 3. The monoisotopic (exact) mass is 787 g/mol. The molecule has 10 rings (SSSR count). The molecule has 0 saturated heterocycles. The van der Waals surface area contributed by atoms with Crippen LogP contribution in [0.1, 0.15) is 9.68 Å². The van der Waals surface area contributed by atoms with E-state index in [4.69, 9.17) is 4.11 Å². The second-order valence-electron chi connectivity index (χ2n) is 11.0. The molecule has 221 valence electrons. The predicted molar refractivity (Wildman–Crippen MR) is 189 cm³/mol. The van der Waals surface area contributed by atoms with Crippen molar-refractivity contribution in [2.45, 2.75) is 6.85 Å². The van der Waals surface area contributed by atoms with E-state index in [1.54, 1.807) is 18.3 Å². The molecule has 0 spiro atoms. The summed E-state index contributed by atoms with van der Waals surface area (Å²) in [5.74, 6) is 0. The number of rotatable bonds is 2. The summed E-state index contributed by atoms with van der Waals surface area (Å²) in [5.41, 5.74) is 7.36. The summed E-state index contributed by atoms with van der Waals surface area (Å²) < 4.78 is 27.8. The number of hydrogen-bond acceptors (Lipinski definition) is 3. The van der Waals surface area contributed by atoms with Crippen LogP contribution in [-0.2, 0) is 20.1 Å².